The predicted octanol–water partition coefficient (Wildman–Crippen LogP) is 9.62. The second kappa shape index (κ2) is 8.33. The molecule has 1 aliphatic rings. The Morgan fingerprint density at radius 2 is 1.29 bits per heavy atom. The molecule has 41 heavy (non-hydrogen) atoms. The summed E-state index contributed by atoms with van der Waals surface area (Å²) in [5, 5.41) is 5.09. The van der Waals surface area contributed by atoms with Crippen molar-refractivity contribution < 1.29 is 0 Å². The van der Waals surface area contributed by atoms with Crippen LogP contribution in [-0.2, 0) is 6.42 Å². The van der Waals surface area contributed by atoms with Gasteiger partial charge >= 0.3 is 0 Å². The minimum atomic E-state index is 0.852. The molecule has 0 atom stereocenters. The first-order chi connectivity index (χ1) is 20.3. The standard InChI is InChI=1S/C37H26N4/c1-2-35-38-29-22-26(40-30-17-9-8-16-28(30)36-27-15-7-6-12-24(27)20-21-33(36)40)23-34-37(29)41(35)32-19-11-10-18-31(32)39(34)25-13-4-3-5-14-25/h3-23H,2H2,1H3. The fraction of sp³-hybridized carbons (Fsp3) is 0.0541. The average Bonchev–Trinajstić information content (AvgIpc) is 3.58. The summed E-state index contributed by atoms with van der Waals surface area (Å²) in [5.74, 6) is 1.08. The molecular formula is C37H26N4. The van der Waals surface area contributed by atoms with Gasteiger partial charge in [-0.15, -0.1) is 0 Å². The lowest BCUT2D eigenvalue weighted by Crippen LogP contribution is -2.19. The van der Waals surface area contributed by atoms with Crippen molar-refractivity contribution in [2.75, 3.05) is 4.90 Å². The van der Waals surface area contributed by atoms with Gasteiger partial charge in [0.25, 0.3) is 0 Å². The molecule has 0 bridgehead atoms. The van der Waals surface area contributed by atoms with E-state index >= 15 is 0 Å². The van der Waals surface area contributed by atoms with Gasteiger partial charge in [0.05, 0.1) is 44.8 Å². The number of rotatable bonds is 3. The summed E-state index contributed by atoms with van der Waals surface area (Å²) >= 11 is 0. The summed E-state index contributed by atoms with van der Waals surface area (Å²) in [5.41, 5.74) is 10.3. The molecule has 0 radical (unpaired) electrons. The van der Waals surface area contributed by atoms with Crippen molar-refractivity contribution in [3.05, 3.63) is 133 Å². The summed E-state index contributed by atoms with van der Waals surface area (Å²) in [6, 6.07) is 45.9. The SMILES string of the molecule is CCc1nc2cc(-n3c4ccccc4c4c5ccccc5ccc43)cc3c2n1-c1ccccc1N3c1ccccc1. The molecule has 0 N–H and O–H groups in total. The van der Waals surface area contributed by atoms with E-state index in [9.17, 15) is 0 Å². The highest BCUT2D eigenvalue weighted by molar-refractivity contribution is 6.21. The normalized spacial score (nSPS) is 12.6. The summed E-state index contributed by atoms with van der Waals surface area (Å²) < 4.78 is 4.78. The minimum Gasteiger partial charge on any atom is -0.309 e. The summed E-state index contributed by atoms with van der Waals surface area (Å²) in [6.07, 6.45) is 0.852. The van der Waals surface area contributed by atoms with Gasteiger partial charge in [0.15, 0.2) is 0 Å². The number of fused-ring (bicyclic) bond motifs is 7. The Bertz CT molecular complexity index is 2310. The van der Waals surface area contributed by atoms with Crippen molar-refractivity contribution in [3.8, 4) is 11.4 Å². The zero-order valence-corrected chi connectivity index (χ0v) is 22.6. The maximum atomic E-state index is 5.23. The summed E-state index contributed by atoms with van der Waals surface area (Å²) in [7, 11) is 0. The Morgan fingerprint density at radius 1 is 0.561 bits per heavy atom. The third-order valence-electron chi connectivity index (χ3n) is 8.54. The molecule has 4 nitrogen and oxygen atoms in total. The maximum absolute atomic E-state index is 5.23. The second-order valence-electron chi connectivity index (χ2n) is 10.7. The van der Waals surface area contributed by atoms with Crippen LogP contribution >= 0.6 is 0 Å². The predicted molar refractivity (Wildman–Crippen MR) is 171 cm³/mol. The van der Waals surface area contributed by atoms with Gasteiger partial charge in [0.1, 0.15) is 5.82 Å². The smallest absolute Gasteiger partial charge is 0.114 e. The van der Waals surface area contributed by atoms with Crippen LogP contribution < -0.4 is 4.90 Å². The van der Waals surface area contributed by atoms with Gasteiger partial charge in [0.2, 0.25) is 0 Å². The van der Waals surface area contributed by atoms with Crippen molar-refractivity contribution in [2.45, 2.75) is 13.3 Å². The molecule has 0 amide bonds. The van der Waals surface area contributed by atoms with E-state index in [2.05, 4.69) is 148 Å². The van der Waals surface area contributed by atoms with E-state index in [0.717, 1.165) is 46.0 Å². The first-order valence-corrected chi connectivity index (χ1v) is 14.2. The van der Waals surface area contributed by atoms with E-state index in [4.69, 9.17) is 4.98 Å². The molecule has 0 saturated carbocycles. The molecule has 1 aliphatic heterocycles. The van der Waals surface area contributed by atoms with Gasteiger partial charge in [-0.2, -0.15) is 0 Å². The number of nitrogens with zero attached hydrogens (tertiary/aromatic N) is 4. The number of benzene rings is 6. The lowest BCUT2D eigenvalue weighted by molar-refractivity contribution is 0.900. The monoisotopic (exact) mass is 526 g/mol. The van der Waals surface area contributed by atoms with Crippen molar-refractivity contribution in [1.82, 2.24) is 14.1 Å². The van der Waals surface area contributed by atoms with Crippen molar-refractivity contribution >= 4 is 60.7 Å². The van der Waals surface area contributed by atoms with Crippen LogP contribution in [0, 0.1) is 0 Å². The van der Waals surface area contributed by atoms with Crippen LogP contribution in [-0.4, -0.2) is 14.1 Å². The molecule has 0 fully saturated rings. The third-order valence-corrected chi connectivity index (χ3v) is 8.54. The molecule has 0 aliphatic carbocycles. The summed E-state index contributed by atoms with van der Waals surface area (Å²) in [6.45, 7) is 2.19. The van der Waals surface area contributed by atoms with Crippen LogP contribution in [0.1, 0.15) is 12.7 Å². The summed E-state index contributed by atoms with van der Waals surface area (Å²) in [4.78, 5) is 7.63. The topological polar surface area (TPSA) is 26.0 Å². The fourth-order valence-electron chi connectivity index (χ4n) is 6.86. The molecule has 6 aromatic carbocycles. The highest BCUT2D eigenvalue weighted by Crippen LogP contribution is 2.48. The van der Waals surface area contributed by atoms with E-state index in [-0.39, 0.29) is 0 Å². The van der Waals surface area contributed by atoms with Crippen LogP contribution in [0.25, 0.3) is 55.0 Å². The van der Waals surface area contributed by atoms with Crippen LogP contribution in [0.15, 0.2) is 127 Å². The van der Waals surface area contributed by atoms with Gasteiger partial charge in [-0.1, -0.05) is 85.8 Å². The number of aryl methyl sites for hydroxylation is 1. The molecule has 0 unspecified atom stereocenters. The number of imidazole rings is 1. The molecule has 0 spiro atoms. The molecule has 194 valence electrons. The van der Waals surface area contributed by atoms with Crippen molar-refractivity contribution in [2.24, 2.45) is 0 Å². The molecule has 9 rings (SSSR count). The fourth-order valence-corrected chi connectivity index (χ4v) is 6.86. The number of aromatic nitrogens is 3. The van der Waals surface area contributed by atoms with Crippen LogP contribution in [0.2, 0.25) is 0 Å². The van der Waals surface area contributed by atoms with Crippen LogP contribution in [0.3, 0.4) is 0 Å². The molecular weight excluding hydrogens is 500 g/mol. The van der Waals surface area contributed by atoms with E-state index < -0.39 is 0 Å². The first kappa shape index (κ1) is 22.5. The minimum absolute atomic E-state index is 0.852. The van der Waals surface area contributed by atoms with Gasteiger partial charge in [-0.3, -0.25) is 4.57 Å². The first-order valence-electron chi connectivity index (χ1n) is 14.2. The van der Waals surface area contributed by atoms with E-state index in [0.29, 0.717) is 0 Å². The Labute approximate surface area is 237 Å². The number of para-hydroxylation sites is 4. The molecule has 3 heterocycles. The highest BCUT2D eigenvalue weighted by Gasteiger charge is 2.29. The Morgan fingerprint density at radius 3 is 2.15 bits per heavy atom. The quantitative estimate of drug-likeness (QED) is 0.229. The van der Waals surface area contributed by atoms with E-state index in [1.165, 1.54) is 38.3 Å². The third kappa shape index (κ3) is 3.02. The zero-order chi connectivity index (χ0) is 27.1. The number of anilines is 3. The zero-order valence-electron chi connectivity index (χ0n) is 22.6. The Kier molecular flexibility index (Phi) is 4.56. The Balaban J connectivity index is 1.43. The molecule has 0 saturated heterocycles. The number of hydrogen-bond acceptors (Lipinski definition) is 2. The van der Waals surface area contributed by atoms with Crippen molar-refractivity contribution in [3.63, 3.8) is 0 Å². The van der Waals surface area contributed by atoms with Gasteiger partial charge in [-0.25, -0.2) is 4.98 Å². The lowest BCUT2D eigenvalue weighted by atomic mass is 10.0. The molecule has 4 heteroatoms. The largest absolute Gasteiger partial charge is 0.309 e. The second-order valence-corrected chi connectivity index (χ2v) is 10.7. The maximum Gasteiger partial charge on any atom is 0.114 e. The van der Waals surface area contributed by atoms with Gasteiger partial charge < -0.3 is 9.47 Å². The molecule has 2 aromatic heterocycles. The van der Waals surface area contributed by atoms with E-state index in [1.54, 1.807) is 0 Å². The average molecular weight is 527 g/mol. The lowest BCUT2D eigenvalue weighted by Gasteiger charge is -2.33. The van der Waals surface area contributed by atoms with Gasteiger partial charge in [0, 0.05) is 22.9 Å². The highest BCUT2D eigenvalue weighted by atomic mass is 15.2. The van der Waals surface area contributed by atoms with E-state index in [1.807, 2.05) is 0 Å². The Hall–Kier alpha value is -5.35. The number of hydrogen-bond donors (Lipinski definition) is 0. The molecule has 8 aromatic rings. The van der Waals surface area contributed by atoms with Crippen LogP contribution in [0.4, 0.5) is 17.1 Å². The van der Waals surface area contributed by atoms with Crippen molar-refractivity contribution in [1.29, 1.82) is 0 Å². The van der Waals surface area contributed by atoms with Gasteiger partial charge in [-0.05, 0) is 59.3 Å². The van der Waals surface area contributed by atoms with Crippen LogP contribution in [0.5, 0.6) is 0 Å².